The van der Waals surface area contributed by atoms with E-state index in [9.17, 15) is 22.8 Å². The van der Waals surface area contributed by atoms with E-state index in [4.69, 9.17) is 9.90 Å². The van der Waals surface area contributed by atoms with Crippen molar-refractivity contribution in [1.82, 2.24) is 20.0 Å². The highest BCUT2D eigenvalue weighted by molar-refractivity contribution is 5.94. The number of H-pyrrole nitrogens is 1. The maximum Gasteiger partial charge on any atom is 0.389 e. The van der Waals surface area contributed by atoms with Gasteiger partial charge in [0.2, 0.25) is 5.91 Å². The Morgan fingerprint density at radius 1 is 1.09 bits per heavy atom. The number of fused-ring (bicyclic) bond motifs is 2. The lowest BCUT2D eigenvalue weighted by atomic mass is 9.98. The summed E-state index contributed by atoms with van der Waals surface area (Å²) in [6.07, 6.45) is -4.85. The van der Waals surface area contributed by atoms with E-state index in [-0.39, 0.29) is 25.5 Å². The molecule has 0 spiro atoms. The lowest BCUT2D eigenvalue weighted by molar-refractivity contribution is -0.149. The number of aromatic nitrogens is 2. The Kier molecular flexibility index (Phi) is 7.16. The number of benzene rings is 1. The minimum absolute atomic E-state index is 0.148. The molecule has 0 aliphatic carbocycles. The molecule has 0 fully saturated rings. The number of nitrogens with one attached hydrogen (secondary N) is 1. The summed E-state index contributed by atoms with van der Waals surface area (Å²) in [6.45, 7) is 1.32. The molecule has 4 rings (SSSR count). The van der Waals surface area contributed by atoms with Crippen molar-refractivity contribution in [3.05, 3.63) is 52.3 Å². The van der Waals surface area contributed by atoms with Crippen LogP contribution in [0.3, 0.4) is 0 Å². The van der Waals surface area contributed by atoms with Gasteiger partial charge >= 0.3 is 6.18 Å². The monoisotopic (exact) mass is 452 g/mol. The first-order valence-electron chi connectivity index (χ1n) is 10.1. The number of rotatable bonds is 3. The smallest absolute Gasteiger partial charge is 0.389 e. The molecule has 11 heteroatoms. The average Bonchev–Trinajstić information content (AvgIpc) is 3.20. The summed E-state index contributed by atoms with van der Waals surface area (Å²) in [5, 5.41) is 13.9. The summed E-state index contributed by atoms with van der Waals surface area (Å²) in [4.78, 5) is 36.6. The second-order valence-electron chi connectivity index (χ2n) is 7.56. The van der Waals surface area contributed by atoms with Crippen LogP contribution in [0.2, 0.25) is 0 Å². The molecule has 2 aliphatic rings. The van der Waals surface area contributed by atoms with E-state index in [1.807, 2.05) is 18.2 Å². The third kappa shape index (κ3) is 5.45. The van der Waals surface area contributed by atoms with Crippen LogP contribution in [0.4, 0.5) is 13.2 Å². The zero-order valence-corrected chi connectivity index (χ0v) is 17.2. The van der Waals surface area contributed by atoms with Gasteiger partial charge in [-0.1, -0.05) is 24.3 Å². The number of halogens is 3. The fourth-order valence-corrected chi connectivity index (χ4v) is 3.93. The Bertz CT molecular complexity index is 990. The summed E-state index contributed by atoms with van der Waals surface area (Å²) < 4.78 is 37.1. The summed E-state index contributed by atoms with van der Waals surface area (Å²) in [5.41, 5.74) is 4.10. The standard InChI is InChI=1S/C20H21F3N4O2.CH2O2/c21-20(22,23)8-5-17(28)26-10-7-15-16(12-26)24-25-18(15)19(29)27-9-6-13-3-1-2-4-14(13)11-27;2-1-3/h1-4H,5-12H2,(H,24,25);1H,(H,2,3). The third-order valence-corrected chi connectivity index (χ3v) is 5.53. The number of amides is 2. The second-order valence-corrected chi connectivity index (χ2v) is 7.56. The molecule has 0 bridgehead atoms. The van der Waals surface area contributed by atoms with Crippen LogP contribution in [0.25, 0.3) is 0 Å². The predicted molar refractivity (Wildman–Crippen MR) is 107 cm³/mol. The van der Waals surface area contributed by atoms with Gasteiger partial charge in [0, 0.05) is 31.6 Å². The SMILES string of the molecule is O=C(CCC(F)(F)F)N1CCc2c(C(=O)N3CCc4ccccc4C3)n[nH]c2C1.O=CO. The Morgan fingerprint density at radius 3 is 2.44 bits per heavy atom. The minimum Gasteiger partial charge on any atom is -0.483 e. The van der Waals surface area contributed by atoms with Crippen LogP contribution in [0.1, 0.15) is 45.7 Å². The first-order chi connectivity index (χ1) is 15.2. The quantitative estimate of drug-likeness (QED) is 0.697. The molecule has 0 saturated heterocycles. The van der Waals surface area contributed by atoms with Crippen molar-refractivity contribution in [2.75, 3.05) is 13.1 Å². The summed E-state index contributed by atoms with van der Waals surface area (Å²) in [7, 11) is 0. The molecule has 2 aromatic rings. The molecule has 2 N–H and O–H groups in total. The van der Waals surface area contributed by atoms with Crippen molar-refractivity contribution in [2.24, 2.45) is 0 Å². The second kappa shape index (κ2) is 9.84. The van der Waals surface area contributed by atoms with E-state index >= 15 is 0 Å². The fraction of sp³-hybridized carbons (Fsp3) is 0.429. The summed E-state index contributed by atoms with van der Waals surface area (Å²) in [6, 6.07) is 8.02. The van der Waals surface area contributed by atoms with Gasteiger partial charge in [0.15, 0.2) is 5.69 Å². The number of carboxylic acid groups (broad SMARTS) is 1. The molecule has 32 heavy (non-hydrogen) atoms. The van der Waals surface area contributed by atoms with Crippen molar-refractivity contribution in [3.63, 3.8) is 0 Å². The Labute approximate surface area is 182 Å². The highest BCUT2D eigenvalue weighted by Gasteiger charge is 2.33. The van der Waals surface area contributed by atoms with Gasteiger partial charge in [-0.05, 0) is 24.0 Å². The van der Waals surface area contributed by atoms with Crippen LogP contribution in [-0.2, 0) is 35.5 Å². The van der Waals surface area contributed by atoms with E-state index in [0.29, 0.717) is 30.9 Å². The van der Waals surface area contributed by atoms with Crippen molar-refractivity contribution < 1.29 is 32.7 Å². The van der Waals surface area contributed by atoms with Crippen LogP contribution in [0, 0.1) is 0 Å². The molecule has 0 unspecified atom stereocenters. The molecule has 3 heterocycles. The molecule has 1 aromatic heterocycles. The number of hydrogen-bond donors (Lipinski definition) is 2. The lowest BCUT2D eigenvalue weighted by Crippen LogP contribution is -2.38. The van der Waals surface area contributed by atoms with Gasteiger partial charge in [0.1, 0.15) is 0 Å². The van der Waals surface area contributed by atoms with E-state index in [1.54, 1.807) is 4.90 Å². The molecule has 8 nitrogen and oxygen atoms in total. The highest BCUT2D eigenvalue weighted by Crippen LogP contribution is 2.26. The Morgan fingerprint density at radius 2 is 1.75 bits per heavy atom. The van der Waals surface area contributed by atoms with Crippen LogP contribution in [-0.4, -0.2) is 62.7 Å². The van der Waals surface area contributed by atoms with Crippen molar-refractivity contribution in [1.29, 1.82) is 0 Å². The molecule has 0 atom stereocenters. The number of nitrogens with zero attached hydrogens (tertiary/aromatic N) is 3. The van der Waals surface area contributed by atoms with Crippen molar-refractivity contribution in [3.8, 4) is 0 Å². The molecule has 1 aromatic carbocycles. The zero-order chi connectivity index (χ0) is 23.3. The molecule has 172 valence electrons. The zero-order valence-electron chi connectivity index (χ0n) is 17.2. The van der Waals surface area contributed by atoms with Crippen LogP contribution >= 0.6 is 0 Å². The minimum atomic E-state index is -4.35. The largest absolute Gasteiger partial charge is 0.483 e. The topological polar surface area (TPSA) is 107 Å². The van der Waals surface area contributed by atoms with E-state index in [0.717, 1.165) is 17.5 Å². The Hall–Kier alpha value is -3.37. The first-order valence-corrected chi connectivity index (χ1v) is 10.1. The van der Waals surface area contributed by atoms with Crippen molar-refractivity contribution >= 4 is 18.3 Å². The van der Waals surface area contributed by atoms with Gasteiger partial charge in [-0.3, -0.25) is 19.5 Å². The van der Waals surface area contributed by atoms with Gasteiger partial charge in [0.25, 0.3) is 12.4 Å². The lowest BCUT2D eigenvalue weighted by Gasteiger charge is -2.30. The number of alkyl halides is 3. The van der Waals surface area contributed by atoms with Crippen LogP contribution in [0.5, 0.6) is 0 Å². The molecular weight excluding hydrogens is 429 g/mol. The van der Waals surface area contributed by atoms with Crippen molar-refractivity contribution in [2.45, 2.75) is 44.9 Å². The van der Waals surface area contributed by atoms with E-state index < -0.39 is 24.9 Å². The Balaban J connectivity index is 0.000000913. The van der Waals surface area contributed by atoms with Crippen LogP contribution in [0.15, 0.2) is 24.3 Å². The van der Waals surface area contributed by atoms with Gasteiger partial charge < -0.3 is 14.9 Å². The van der Waals surface area contributed by atoms with E-state index in [2.05, 4.69) is 16.3 Å². The molecule has 0 saturated carbocycles. The maximum absolute atomic E-state index is 13.0. The normalized spacial score (nSPS) is 15.2. The summed E-state index contributed by atoms with van der Waals surface area (Å²) in [5.74, 6) is -0.697. The molecule has 2 aliphatic heterocycles. The predicted octanol–water partition coefficient (Wildman–Crippen LogP) is 2.54. The maximum atomic E-state index is 13.0. The number of hydrogen-bond acceptors (Lipinski definition) is 4. The molecule has 2 amide bonds. The highest BCUT2D eigenvalue weighted by atomic mass is 19.4. The van der Waals surface area contributed by atoms with Crippen LogP contribution < -0.4 is 0 Å². The third-order valence-electron chi connectivity index (χ3n) is 5.53. The summed E-state index contributed by atoms with van der Waals surface area (Å²) >= 11 is 0. The molecule has 0 radical (unpaired) electrons. The number of aromatic amines is 1. The van der Waals surface area contributed by atoms with Gasteiger partial charge in [-0.25, -0.2) is 0 Å². The fourth-order valence-electron chi connectivity index (χ4n) is 3.93. The number of carbonyl (C=O) groups excluding carboxylic acids is 2. The van der Waals surface area contributed by atoms with Gasteiger partial charge in [-0.2, -0.15) is 18.3 Å². The van der Waals surface area contributed by atoms with Gasteiger partial charge in [-0.15, -0.1) is 0 Å². The van der Waals surface area contributed by atoms with Gasteiger partial charge in [0.05, 0.1) is 18.7 Å². The van der Waals surface area contributed by atoms with E-state index in [1.165, 1.54) is 10.5 Å². The first kappa shape index (κ1) is 23.3. The average molecular weight is 452 g/mol. The molecular formula is C21H23F3N4O4. The number of carbonyl (C=O) groups is 3.